The Labute approximate surface area is 184 Å². The second-order valence-electron chi connectivity index (χ2n) is 11.0. The molecule has 2 nitrogen and oxygen atoms in total. The molecule has 158 valence electrons. The van der Waals surface area contributed by atoms with Crippen LogP contribution in [0.15, 0.2) is 46.9 Å². The number of hydrogen-bond acceptors (Lipinski definition) is 2. The summed E-state index contributed by atoms with van der Waals surface area (Å²) in [7, 11) is 0. The van der Waals surface area contributed by atoms with Gasteiger partial charge in [0.25, 0.3) is 0 Å². The first kappa shape index (κ1) is 20.1. The highest BCUT2D eigenvalue weighted by atomic mass is 16.3. The van der Waals surface area contributed by atoms with Gasteiger partial charge in [0.15, 0.2) is 0 Å². The molecule has 1 aliphatic carbocycles. The molecule has 1 aliphatic rings. The lowest BCUT2D eigenvalue weighted by atomic mass is 9.76. The smallest absolute Gasteiger partial charge is 0.140 e. The highest BCUT2D eigenvalue weighted by molar-refractivity contribution is 6.07. The molecule has 31 heavy (non-hydrogen) atoms. The molecule has 2 heteroatoms. The van der Waals surface area contributed by atoms with E-state index in [0.29, 0.717) is 5.36 Å². The Morgan fingerprint density at radius 1 is 1.03 bits per heavy atom. The van der Waals surface area contributed by atoms with E-state index in [9.17, 15) is 5.41 Å². The average Bonchev–Trinajstić information content (AvgIpc) is 2.70. The second-order valence-corrected chi connectivity index (χ2v) is 11.0. The van der Waals surface area contributed by atoms with Crippen molar-refractivity contribution in [1.82, 2.24) is 0 Å². The lowest BCUT2D eigenvalue weighted by molar-refractivity contribution is 0.411. The van der Waals surface area contributed by atoms with Crippen LogP contribution in [0.25, 0.3) is 38.8 Å². The Balaban J connectivity index is 2.03. The number of benzene rings is 3. The first-order valence-corrected chi connectivity index (χ1v) is 11.2. The van der Waals surface area contributed by atoms with Gasteiger partial charge in [0.1, 0.15) is 11.2 Å². The summed E-state index contributed by atoms with van der Waals surface area (Å²) in [6.45, 7) is 13.5. The molecule has 5 rings (SSSR count). The zero-order valence-electron chi connectivity index (χ0n) is 19.4. The van der Waals surface area contributed by atoms with Crippen molar-refractivity contribution in [2.45, 2.75) is 59.8 Å². The molecular formula is C29H31NO. The maximum atomic E-state index is 9.35. The van der Waals surface area contributed by atoms with Gasteiger partial charge in [-0.15, -0.1) is 0 Å². The largest absolute Gasteiger partial charge is 0.456 e. The minimum Gasteiger partial charge on any atom is -0.456 e. The Hall–Kier alpha value is -2.87. The quantitative estimate of drug-likeness (QED) is 0.320. The fraction of sp³-hybridized carbons (Fsp3) is 0.345. The third-order valence-electron chi connectivity index (χ3n) is 6.66. The molecule has 4 aromatic rings. The molecule has 0 atom stereocenters. The molecule has 2 bridgehead atoms. The first-order valence-electron chi connectivity index (χ1n) is 11.2. The van der Waals surface area contributed by atoms with Gasteiger partial charge in [-0.2, -0.15) is 0 Å². The van der Waals surface area contributed by atoms with Gasteiger partial charge >= 0.3 is 0 Å². The summed E-state index contributed by atoms with van der Waals surface area (Å²) in [4.78, 5) is 0. The lowest BCUT2D eigenvalue weighted by Gasteiger charge is -2.28. The Bertz CT molecular complexity index is 1460. The van der Waals surface area contributed by atoms with Crippen LogP contribution in [0.5, 0.6) is 0 Å². The van der Waals surface area contributed by atoms with Crippen LogP contribution in [-0.2, 0) is 11.8 Å². The molecule has 1 aromatic heterocycles. The van der Waals surface area contributed by atoms with Crippen LogP contribution in [0.1, 0.15) is 63.3 Å². The molecule has 0 fully saturated rings. The molecule has 0 saturated carbocycles. The normalized spacial score (nSPS) is 16.7. The Kier molecular flexibility index (Phi) is 4.25. The second kappa shape index (κ2) is 6.56. The van der Waals surface area contributed by atoms with E-state index in [2.05, 4.69) is 90.1 Å². The summed E-state index contributed by atoms with van der Waals surface area (Å²) < 4.78 is 6.67. The summed E-state index contributed by atoms with van der Waals surface area (Å²) in [6, 6.07) is 13.0. The topological polar surface area (TPSA) is 37.0 Å². The highest BCUT2D eigenvalue weighted by Crippen LogP contribution is 2.42. The minimum absolute atomic E-state index is 0.114. The van der Waals surface area contributed by atoms with Crippen molar-refractivity contribution in [3.8, 4) is 0 Å². The van der Waals surface area contributed by atoms with E-state index < -0.39 is 0 Å². The van der Waals surface area contributed by atoms with Gasteiger partial charge < -0.3 is 4.42 Å². The van der Waals surface area contributed by atoms with Crippen LogP contribution in [0.4, 0.5) is 0 Å². The molecule has 0 saturated heterocycles. The van der Waals surface area contributed by atoms with Crippen molar-refractivity contribution in [1.29, 1.82) is 5.41 Å². The summed E-state index contributed by atoms with van der Waals surface area (Å²) >= 11 is 0. The third kappa shape index (κ3) is 3.12. The minimum atomic E-state index is -0.114. The van der Waals surface area contributed by atoms with Crippen molar-refractivity contribution in [3.63, 3.8) is 0 Å². The number of aryl methyl sites for hydroxylation is 1. The average molecular weight is 410 g/mol. The maximum Gasteiger partial charge on any atom is 0.140 e. The Morgan fingerprint density at radius 3 is 2.45 bits per heavy atom. The van der Waals surface area contributed by atoms with Crippen LogP contribution in [0.2, 0.25) is 0 Å². The van der Waals surface area contributed by atoms with E-state index in [-0.39, 0.29) is 10.8 Å². The first-order chi connectivity index (χ1) is 14.6. The van der Waals surface area contributed by atoms with E-state index in [1.165, 1.54) is 21.9 Å². The number of hydrogen-bond donors (Lipinski definition) is 1. The van der Waals surface area contributed by atoms with Gasteiger partial charge in [0, 0.05) is 10.9 Å². The molecule has 3 aromatic carbocycles. The van der Waals surface area contributed by atoms with Crippen molar-refractivity contribution < 1.29 is 4.42 Å². The van der Waals surface area contributed by atoms with E-state index in [1.54, 1.807) is 0 Å². The van der Waals surface area contributed by atoms with Crippen LogP contribution >= 0.6 is 0 Å². The molecule has 1 N–H and O–H groups in total. The van der Waals surface area contributed by atoms with Crippen LogP contribution in [0.3, 0.4) is 0 Å². The van der Waals surface area contributed by atoms with Gasteiger partial charge in [-0.25, -0.2) is 0 Å². The molecule has 1 heterocycles. The van der Waals surface area contributed by atoms with Crippen molar-refractivity contribution in [3.05, 3.63) is 70.1 Å². The fourth-order valence-electron chi connectivity index (χ4n) is 5.36. The fourth-order valence-corrected chi connectivity index (χ4v) is 5.36. The predicted octanol–water partition coefficient (Wildman–Crippen LogP) is 7.81. The zero-order chi connectivity index (χ0) is 22.1. The number of nitrogens with one attached hydrogen (secondary N) is 1. The SMILES string of the molecule is Cc1c2ccccc2c2c3c(=N)c4c(cc(CC(C)(C)C)cc4oc13)/C=C\CC2(C)C. The predicted molar refractivity (Wildman–Crippen MR) is 132 cm³/mol. The van der Waals surface area contributed by atoms with Crippen LogP contribution in [0, 0.1) is 17.7 Å². The number of rotatable bonds is 1. The standard InChI is InChI=1S/C29H31NO/c1-17-20-11-7-8-12-21(20)25-24-26(30)23-19(10-9-13-29(25,5)6)14-18(16-28(2,3)4)15-22(23)31-27(17)24/h7-12,14-15,30H,13,16H2,1-6H3/b10-9-,30-26?. The molecule has 0 amide bonds. The van der Waals surface area contributed by atoms with E-state index in [0.717, 1.165) is 45.9 Å². The van der Waals surface area contributed by atoms with Crippen LogP contribution in [-0.4, -0.2) is 0 Å². The molecule has 0 aliphatic heterocycles. The van der Waals surface area contributed by atoms with Crippen molar-refractivity contribution >= 4 is 38.8 Å². The van der Waals surface area contributed by atoms with E-state index >= 15 is 0 Å². The van der Waals surface area contributed by atoms with Gasteiger partial charge in [-0.1, -0.05) is 77.1 Å². The van der Waals surface area contributed by atoms with Gasteiger partial charge in [0.2, 0.25) is 0 Å². The molecule has 0 unspecified atom stereocenters. The molecule has 0 radical (unpaired) electrons. The summed E-state index contributed by atoms with van der Waals surface area (Å²) in [5.41, 5.74) is 6.47. The molecular weight excluding hydrogens is 378 g/mol. The summed E-state index contributed by atoms with van der Waals surface area (Å²) in [5, 5.41) is 14.3. The van der Waals surface area contributed by atoms with E-state index in [1.807, 2.05) is 0 Å². The number of allylic oxidation sites excluding steroid dienone is 1. The maximum absolute atomic E-state index is 9.35. The van der Waals surface area contributed by atoms with Crippen molar-refractivity contribution in [2.24, 2.45) is 5.41 Å². The van der Waals surface area contributed by atoms with Crippen LogP contribution < -0.4 is 5.36 Å². The van der Waals surface area contributed by atoms with E-state index in [4.69, 9.17) is 4.42 Å². The zero-order valence-corrected chi connectivity index (χ0v) is 19.4. The molecule has 0 spiro atoms. The number of fused-ring (bicyclic) bond motifs is 2. The lowest BCUT2D eigenvalue weighted by Crippen LogP contribution is -2.20. The van der Waals surface area contributed by atoms with Crippen molar-refractivity contribution in [2.75, 3.05) is 0 Å². The highest BCUT2D eigenvalue weighted by Gasteiger charge is 2.29. The van der Waals surface area contributed by atoms with Gasteiger partial charge in [0.05, 0.1) is 10.7 Å². The third-order valence-corrected chi connectivity index (χ3v) is 6.66. The van der Waals surface area contributed by atoms with Gasteiger partial charge in [-0.05, 0) is 64.1 Å². The van der Waals surface area contributed by atoms with Gasteiger partial charge in [-0.3, -0.25) is 5.41 Å². The Morgan fingerprint density at radius 2 is 1.74 bits per heavy atom. The monoisotopic (exact) mass is 409 g/mol. The summed E-state index contributed by atoms with van der Waals surface area (Å²) in [5.74, 6) is 0. The summed E-state index contributed by atoms with van der Waals surface area (Å²) in [6.07, 6.45) is 6.37.